The van der Waals surface area contributed by atoms with Crippen LogP contribution < -0.4 is 0 Å². The van der Waals surface area contributed by atoms with Gasteiger partial charge in [-0.3, -0.25) is 14.7 Å². The molecule has 1 saturated heterocycles. The summed E-state index contributed by atoms with van der Waals surface area (Å²) in [5, 5.41) is 0. The largest absolute Gasteiger partial charge is 0.335 e. The molecule has 1 aromatic heterocycles. The molecule has 37 heavy (non-hydrogen) atoms. The molecule has 0 unspecified atom stereocenters. The molecule has 0 aliphatic carbocycles. The first-order chi connectivity index (χ1) is 18.2. The number of pyridine rings is 1. The quantitative estimate of drug-likeness (QED) is 0.158. The second-order valence-corrected chi connectivity index (χ2v) is 9.89. The molecule has 4 nitrogen and oxygen atoms in total. The third kappa shape index (κ3) is 7.99. The number of aromatic nitrogens is 1. The normalized spacial score (nSPS) is 14.7. The Kier molecular flexibility index (Phi) is 10.3. The molecule has 4 rings (SSSR count). The fourth-order valence-electron chi connectivity index (χ4n) is 5.32. The number of unbranched alkanes of at least 4 members (excludes halogenated alkanes) is 1. The molecule has 0 saturated carbocycles. The maximum atomic E-state index is 12.7. The third-order valence-corrected chi connectivity index (χ3v) is 7.30. The minimum atomic E-state index is 0.0323. The van der Waals surface area contributed by atoms with Crippen LogP contribution in [0.25, 0.3) is 6.08 Å². The maximum absolute atomic E-state index is 12.7. The molecular weight excluding hydrogens is 454 g/mol. The van der Waals surface area contributed by atoms with Gasteiger partial charge in [0.25, 0.3) is 0 Å². The van der Waals surface area contributed by atoms with E-state index < -0.39 is 0 Å². The highest BCUT2D eigenvalue weighted by atomic mass is 16.2. The lowest BCUT2D eigenvalue weighted by molar-refractivity contribution is -0.125. The van der Waals surface area contributed by atoms with Crippen LogP contribution in [0.2, 0.25) is 0 Å². The molecule has 2 aromatic carbocycles. The van der Waals surface area contributed by atoms with E-state index in [2.05, 4.69) is 77.1 Å². The number of amides is 1. The third-order valence-electron chi connectivity index (χ3n) is 7.30. The lowest BCUT2D eigenvalue weighted by atomic mass is 9.88. The van der Waals surface area contributed by atoms with Crippen LogP contribution in [0, 0.1) is 5.92 Å². The number of benzene rings is 2. The molecule has 192 valence electrons. The molecule has 2 heterocycles. The van der Waals surface area contributed by atoms with Crippen LogP contribution in [-0.2, 0) is 4.79 Å². The van der Waals surface area contributed by atoms with Gasteiger partial charge in [0, 0.05) is 31.6 Å². The number of hydrogen-bond acceptors (Lipinski definition) is 3. The van der Waals surface area contributed by atoms with E-state index in [0.717, 1.165) is 44.0 Å². The Labute approximate surface area is 222 Å². The van der Waals surface area contributed by atoms with E-state index in [1.807, 2.05) is 23.1 Å². The summed E-state index contributed by atoms with van der Waals surface area (Å²) in [6.07, 6.45) is 14.7. The van der Waals surface area contributed by atoms with Crippen molar-refractivity contribution in [1.82, 2.24) is 14.8 Å². The lowest BCUT2D eigenvalue weighted by Gasteiger charge is -2.38. The summed E-state index contributed by atoms with van der Waals surface area (Å²) in [5.41, 5.74) is 3.68. The highest BCUT2D eigenvalue weighted by Crippen LogP contribution is 2.33. The van der Waals surface area contributed by atoms with Gasteiger partial charge in [0.05, 0.1) is 6.04 Å². The van der Waals surface area contributed by atoms with Crippen LogP contribution in [0.4, 0.5) is 0 Å². The molecule has 1 aliphatic rings. The number of carbonyl (C=O) groups excluding carboxylic acids is 1. The summed E-state index contributed by atoms with van der Waals surface area (Å²) in [7, 11) is 0. The molecule has 1 amide bonds. The van der Waals surface area contributed by atoms with Crippen molar-refractivity contribution in [3.8, 4) is 0 Å². The van der Waals surface area contributed by atoms with Gasteiger partial charge in [-0.15, -0.1) is 6.58 Å². The number of likely N-dealkylation sites (tertiary alicyclic amines) is 1. The SMILES string of the molecule is C=CCN(CCCCC1CCN(C(c2ccccc2)c2ccccc2)CC1)C(=O)/C=C/c1cccnc1. The van der Waals surface area contributed by atoms with E-state index in [-0.39, 0.29) is 5.91 Å². The summed E-state index contributed by atoms with van der Waals surface area (Å²) >= 11 is 0. The lowest BCUT2D eigenvalue weighted by Crippen LogP contribution is -2.37. The first-order valence-corrected chi connectivity index (χ1v) is 13.6. The smallest absolute Gasteiger partial charge is 0.246 e. The Bertz CT molecular complexity index is 1070. The van der Waals surface area contributed by atoms with Crippen molar-refractivity contribution in [1.29, 1.82) is 0 Å². The van der Waals surface area contributed by atoms with Gasteiger partial charge in [0.15, 0.2) is 0 Å². The highest BCUT2D eigenvalue weighted by molar-refractivity contribution is 5.91. The maximum Gasteiger partial charge on any atom is 0.246 e. The fraction of sp³-hybridized carbons (Fsp3) is 0.333. The predicted octanol–water partition coefficient (Wildman–Crippen LogP) is 6.78. The molecule has 0 atom stereocenters. The number of rotatable bonds is 12. The van der Waals surface area contributed by atoms with E-state index in [9.17, 15) is 4.79 Å². The molecule has 0 spiro atoms. The van der Waals surface area contributed by atoms with Crippen LogP contribution in [-0.4, -0.2) is 46.9 Å². The number of nitrogens with zero attached hydrogens (tertiary/aromatic N) is 3. The Morgan fingerprint density at radius 3 is 2.24 bits per heavy atom. The van der Waals surface area contributed by atoms with Crippen molar-refractivity contribution in [2.45, 2.75) is 38.1 Å². The summed E-state index contributed by atoms with van der Waals surface area (Å²) in [6.45, 7) is 7.43. The molecule has 1 fully saturated rings. The number of carbonyl (C=O) groups is 1. The Hall–Kier alpha value is -3.50. The van der Waals surface area contributed by atoms with Crippen molar-refractivity contribution in [2.24, 2.45) is 5.92 Å². The van der Waals surface area contributed by atoms with Gasteiger partial charge >= 0.3 is 0 Å². The Balaban J connectivity index is 1.24. The minimum Gasteiger partial charge on any atom is -0.335 e. The predicted molar refractivity (Wildman–Crippen MR) is 153 cm³/mol. The van der Waals surface area contributed by atoms with Gasteiger partial charge in [0.1, 0.15) is 0 Å². The standard InChI is InChI=1S/C33H39N3O/c1-2-23-35(32(37)19-18-29-13-11-22-34-27-29)24-10-9-12-28-20-25-36(26-21-28)33(30-14-5-3-6-15-30)31-16-7-4-8-17-31/h2-8,11,13-19,22,27-28,33H,1,9-10,12,20-21,23-26H2/b19-18+. The van der Waals surface area contributed by atoms with Crippen LogP contribution in [0.3, 0.4) is 0 Å². The number of piperidine rings is 1. The zero-order valence-corrected chi connectivity index (χ0v) is 21.8. The van der Waals surface area contributed by atoms with Crippen molar-refractivity contribution >= 4 is 12.0 Å². The fourth-order valence-corrected chi connectivity index (χ4v) is 5.32. The molecule has 1 aliphatic heterocycles. The van der Waals surface area contributed by atoms with Crippen LogP contribution >= 0.6 is 0 Å². The van der Waals surface area contributed by atoms with Crippen molar-refractivity contribution in [3.05, 3.63) is 121 Å². The van der Waals surface area contributed by atoms with E-state index in [1.165, 1.54) is 30.4 Å². The first kappa shape index (κ1) is 26.6. The van der Waals surface area contributed by atoms with Gasteiger partial charge in [-0.1, -0.05) is 85.6 Å². The average molecular weight is 494 g/mol. The molecule has 0 N–H and O–H groups in total. The van der Waals surface area contributed by atoms with Gasteiger partial charge in [-0.05, 0) is 67.1 Å². The van der Waals surface area contributed by atoms with Crippen molar-refractivity contribution in [3.63, 3.8) is 0 Å². The second-order valence-electron chi connectivity index (χ2n) is 9.89. The van der Waals surface area contributed by atoms with Crippen molar-refractivity contribution in [2.75, 3.05) is 26.2 Å². The number of hydrogen-bond donors (Lipinski definition) is 0. The van der Waals surface area contributed by atoms with Gasteiger partial charge < -0.3 is 4.90 Å². The Morgan fingerprint density at radius 1 is 0.973 bits per heavy atom. The van der Waals surface area contributed by atoms with Gasteiger partial charge in [-0.2, -0.15) is 0 Å². The zero-order chi connectivity index (χ0) is 25.7. The molecule has 3 aromatic rings. The molecule has 0 radical (unpaired) electrons. The summed E-state index contributed by atoms with van der Waals surface area (Å²) in [5.74, 6) is 0.794. The van der Waals surface area contributed by atoms with E-state index in [4.69, 9.17) is 0 Å². The minimum absolute atomic E-state index is 0.0323. The van der Waals surface area contributed by atoms with Crippen molar-refractivity contribution < 1.29 is 4.79 Å². The topological polar surface area (TPSA) is 36.4 Å². The second kappa shape index (κ2) is 14.3. The van der Waals surface area contributed by atoms with Gasteiger partial charge in [-0.25, -0.2) is 0 Å². The summed E-state index contributed by atoms with van der Waals surface area (Å²) in [6, 6.07) is 25.9. The summed E-state index contributed by atoms with van der Waals surface area (Å²) < 4.78 is 0. The van der Waals surface area contributed by atoms with E-state index in [1.54, 1.807) is 24.5 Å². The first-order valence-electron chi connectivity index (χ1n) is 13.6. The van der Waals surface area contributed by atoms with Crippen LogP contribution in [0.5, 0.6) is 0 Å². The molecule has 4 heteroatoms. The zero-order valence-electron chi connectivity index (χ0n) is 21.8. The van der Waals surface area contributed by atoms with E-state index in [0.29, 0.717) is 12.6 Å². The van der Waals surface area contributed by atoms with E-state index >= 15 is 0 Å². The molecule has 0 bridgehead atoms. The average Bonchev–Trinajstić information content (AvgIpc) is 2.96. The van der Waals surface area contributed by atoms with Gasteiger partial charge in [0.2, 0.25) is 5.91 Å². The van der Waals surface area contributed by atoms with Crippen LogP contribution in [0.1, 0.15) is 54.8 Å². The Morgan fingerprint density at radius 2 is 1.65 bits per heavy atom. The van der Waals surface area contributed by atoms with Crippen LogP contribution in [0.15, 0.2) is 104 Å². The molecular formula is C33H39N3O. The summed E-state index contributed by atoms with van der Waals surface area (Å²) in [4.78, 5) is 21.3. The monoisotopic (exact) mass is 493 g/mol. The highest BCUT2D eigenvalue weighted by Gasteiger charge is 2.27.